The highest BCUT2D eigenvalue weighted by atomic mass is 35.5. The van der Waals surface area contributed by atoms with E-state index < -0.39 is 0 Å². The van der Waals surface area contributed by atoms with Gasteiger partial charge < -0.3 is 9.32 Å². The Balaban J connectivity index is 2.13. The minimum atomic E-state index is 0.570. The molecule has 0 spiro atoms. The number of oxazole rings is 1. The monoisotopic (exact) mass is 297 g/mol. The van der Waals surface area contributed by atoms with E-state index in [1.807, 2.05) is 55.4 Å². The zero-order valence-corrected chi connectivity index (χ0v) is 12.3. The second kappa shape index (κ2) is 4.33. The predicted octanol–water partition coefficient (Wildman–Crippen LogP) is 4.25. The van der Waals surface area contributed by atoms with Crippen molar-refractivity contribution < 1.29 is 4.42 Å². The Bertz CT molecular complexity index is 991. The molecule has 4 rings (SSSR count). The average Bonchev–Trinajstić information content (AvgIpc) is 2.89. The molecule has 0 aliphatic carbocycles. The summed E-state index contributed by atoms with van der Waals surface area (Å²) < 4.78 is 5.73. The number of para-hydroxylation sites is 1. The van der Waals surface area contributed by atoms with Gasteiger partial charge in [-0.25, -0.2) is 4.98 Å². The van der Waals surface area contributed by atoms with Crippen LogP contribution in [-0.2, 0) is 0 Å². The molecule has 0 amide bonds. The quantitative estimate of drug-likeness (QED) is 0.493. The molecule has 0 aliphatic heterocycles. The van der Waals surface area contributed by atoms with Crippen LogP contribution in [0.5, 0.6) is 0 Å². The van der Waals surface area contributed by atoms with Crippen molar-refractivity contribution in [2.75, 3.05) is 19.0 Å². The van der Waals surface area contributed by atoms with Crippen molar-refractivity contribution in [1.82, 2.24) is 9.97 Å². The average molecular weight is 298 g/mol. The maximum atomic E-state index is 6.53. The zero-order valence-electron chi connectivity index (χ0n) is 11.6. The highest BCUT2D eigenvalue weighted by Gasteiger charge is 2.12. The number of halogens is 1. The first-order chi connectivity index (χ1) is 10.1. The van der Waals surface area contributed by atoms with Crippen LogP contribution < -0.4 is 4.90 Å². The minimum Gasteiger partial charge on any atom is -0.423 e. The first kappa shape index (κ1) is 12.4. The van der Waals surface area contributed by atoms with E-state index in [0.29, 0.717) is 16.6 Å². The largest absolute Gasteiger partial charge is 0.423 e. The van der Waals surface area contributed by atoms with Crippen LogP contribution in [0.3, 0.4) is 0 Å². The molecular weight excluding hydrogens is 286 g/mol. The summed E-state index contributed by atoms with van der Waals surface area (Å²) in [6.07, 6.45) is 0. The highest BCUT2D eigenvalue weighted by Crippen LogP contribution is 2.33. The molecule has 2 aromatic heterocycles. The molecule has 0 atom stereocenters. The van der Waals surface area contributed by atoms with Gasteiger partial charge in [0.1, 0.15) is 5.52 Å². The molecule has 0 N–H and O–H groups in total. The van der Waals surface area contributed by atoms with E-state index in [4.69, 9.17) is 16.0 Å². The van der Waals surface area contributed by atoms with E-state index in [-0.39, 0.29) is 0 Å². The number of benzene rings is 2. The van der Waals surface area contributed by atoms with Gasteiger partial charge in [-0.3, -0.25) is 0 Å². The normalized spacial score (nSPS) is 11.6. The molecule has 2 aromatic carbocycles. The fourth-order valence-corrected chi connectivity index (χ4v) is 2.75. The van der Waals surface area contributed by atoms with Crippen molar-refractivity contribution in [3.05, 3.63) is 41.4 Å². The summed E-state index contributed by atoms with van der Waals surface area (Å²) in [5.74, 6) is 0. The van der Waals surface area contributed by atoms with E-state index in [1.54, 1.807) is 0 Å². The molecule has 0 fully saturated rings. The maximum absolute atomic E-state index is 6.53. The molecule has 0 saturated heterocycles. The van der Waals surface area contributed by atoms with E-state index in [0.717, 1.165) is 27.3 Å². The van der Waals surface area contributed by atoms with Gasteiger partial charge >= 0.3 is 0 Å². The van der Waals surface area contributed by atoms with E-state index in [1.165, 1.54) is 0 Å². The third-order valence-corrected chi connectivity index (χ3v) is 3.90. The van der Waals surface area contributed by atoms with Crippen molar-refractivity contribution in [3.8, 4) is 0 Å². The van der Waals surface area contributed by atoms with Crippen molar-refractivity contribution in [2.24, 2.45) is 0 Å². The molecule has 0 bridgehead atoms. The van der Waals surface area contributed by atoms with Crippen LogP contribution in [0.4, 0.5) is 6.01 Å². The van der Waals surface area contributed by atoms with Crippen LogP contribution in [0.2, 0.25) is 5.02 Å². The van der Waals surface area contributed by atoms with Gasteiger partial charge in [-0.05, 0) is 18.2 Å². The Kier molecular flexibility index (Phi) is 2.56. The van der Waals surface area contributed by atoms with E-state index in [2.05, 4.69) is 9.97 Å². The highest BCUT2D eigenvalue weighted by molar-refractivity contribution is 6.40. The third kappa shape index (κ3) is 1.83. The van der Waals surface area contributed by atoms with Gasteiger partial charge in [0.25, 0.3) is 6.01 Å². The lowest BCUT2D eigenvalue weighted by Crippen LogP contribution is -2.08. The molecule has 4 aromatic rings. The Morgan fingerprint density at radius 1 is 0.952 bits per heavy atom. The molecule has 2 heterocycles. The lowest BCUT2D eigenvalue weighted by atomic mass is 10.1. The predicted molar refractivity (Wildman–Crippen MR) is 86.2 cm³/mol. The van der Waals surface area contributed by atoms with Gasteiger partial charge in [0, 0.05) is 24.9 Å². The zero-order chi connectivity index (χ0) is 14.6. The summed E-state index contributed by atoms with van der Waals surface area (Å²) in [6.45, 7) is 0. The third-order valence-electron chi connectivity index (χ3n) is 3.50. The molecule has 5 heteroatoms. The van der Waals surface area contributed by atoms with Crippen LogP contribution in [0.15, 0.2) is 40.8 Å². The van der Waals surface area contributed by atoms with Crippen molar-refractivity contribution in [2.45, 2.75) is 0 Å². The fourth-order valence-electron chi connectivity index (χ4n) is 2.44. The second-order valence-electron chi connectivity index (χ2n) is 5.17. The molecule has 0 saturated carbocycles. The number of hydrogen-bond acceptors (Lipinski definition) is 4. The first-order valence-electron chi connectivity index (χ1n) is 6.59. The van der Waals surface area contributed by atoms with Gasteiger partial charge in [-0.1, -0.05) is 29.8 Å². The lowest BCUT2D eigenvalue weighted by Gasteiger charge is -2.04. The Hall–Kier alpha value is -2.33. The fraction of sp³-hybridized carbons (Fsp3) is 0.125. The number of pyridine rings is 1. The maximum Gasteiger partial charge on any atom is 0.297 e. The number of rotatable bonds is 1. The summed E-state index contributed by atoms with van der Waals surface area (Å²) in [6, 6.07) is 12.2. The van der Waals surface area contributed by atoms with Crippen LogP contribution in [0.1, 0.15) is 0 Å². The lowest BCUT2D eigenvalue weighted by molar-refractivity contribution is 0.597. The van der Waals surface area contributed by atoms with Crippen LogP contribution in [0.25, 0.3) is 32.9 Å². The molecule has 0 radical (unpaired) electrons. The molecule has 104 valence electrons. The Morgan fingerprint density at radius 2 is 1.76 bits per heavy atom. The molecule has 0 aliphatic rings. The van der Waals surface area contributed by atoms with Gasteiger partial charge in [-0.15, -0.1) is 0 Å². The van der Waals surface area contributed by atoms with Gasteiger partial charge in [-0.2, -0.15) is 4.98 Å². The minimum absolute atomic E-state index is 0.570. The van der Waals surface area contributed by atoms with Crippen molar-refractivity contribution in [3.63, 3.8) is 0 Å². The molecular formula is C16H12ClN3O. The van der Waals surface area contributed by atoms with E-state index >= 15 is 0 Å². The number of hydrogen-bond donors (Lipinski definition) is 0. The molecule has 21 heavy (non-hydrogen) atoms. The van der Waals surface area contributed by atoms with Gasteiger partial charge in [0.2, 0.25) is 0 Å². The summed E-state index contributed by atoms with van der Waals surface area (Å²) in [7, 11) is 3.79. The number of aromatic nitrogens is 2. The van der Waals surface area contributed by atoms with Crippen LogP contribution in [-0.4, -0.2) is 24.1 Å². The van der Waals surface area contributed by atoms with Crippen LogP contribution in [0, 0.1) is 0 Å². The number of nitrogens with zero attached hydrogens (tertiary/aromatic N) is 3. The topological polar surface area (TPSA) is 42.2 Å². The number of anilines is 1. The van der Waals surface area contributed by atoms with Gasteiger partial charge in [0.15, 0.2) is 5.58 Å². The summed E-state index contributed by atoms with van der Waals surface area (Å²) in [4.78, 5) is 10.9. The smallest absolute Gasteiger partial charge is 0.297 e. The summed E-state index contributed by atoms with van der Waals surface area (Å²) >= 11 is 6.53. The number of fused-ring (bicyclic) bond motifs is 3. The summed E-state index contributed by atoms with van der Waals surface area (Å²) in [5.41, 5.74) is 3.20. The summed E-state index contributed by atoms with van der Waals surface area (Å²) in [5, 5.41) is 2.52. The van der Waals surface area contributed by atoms with E-state index in [9.17, 15) is 0 Å². The second-order valence-corrected chi connectivity index (χ2v) is 5.55. The first-order valence-corrected chi connectivity index (χ1v) is 6.97. The SMILES string of the molecule is CN(C)c1nc2cc3nc4ccccc4c(Cl)c3cc2o1. The standard InChI is InChI=1S/C16H12ClN3O/c1-20(2)16-19-13-8-12-10(7-14(13)21-16)15(17)9-5-3-4-6-11(9)18-12/h3-8H,1-2H3. The van der Waals surface area contributed by atoms with Gasteiger partial charge in [0.05, 0.1) is 16.1 Å². The molecule has 0 unspecified atom stereocenters. The Morgan fingerprint density at radius 3 is 2.57 bits per heavy atom. The Labute approximate surface area is 126 Å². The molecule has 4 nitrogen and oxygen atoms in total. The van der Waals surface area contributed by atoms with Crippen molar-refractivity contribution in [1.29, 1.82) is 0 Å². The van der Waals surface area contributed by atoms with Crippen molar-refractivity contribution >= 4 is 50.5 Å². The van der Waals surface area contributed by atoms with Crippen LogP contribution >= 0.6 is 11.6 Å².